The van der Waals surface area contributed by atoms with Gasteiger partial charge in [-0.15, -0.1) is 6.58 Å². The van der Waals surface area contributed by atoms with E-state index in [0.717, 1.165) is 25.7 Å². The summed E-state index contributed by atoms with van der Waals surface area (Å²) in [6, 6.07) is 0. The van der Waals surface area contributed by atoms with Crippen LogP contribution >= 0.6 is 0 Å². The van der Waals surface area contributed by atoms with Crippen molar-refractivity contribution in [3.63, 3.8) is 0 Å². The fourth-order valence-corrected chi connectivity index (χ4v) is 1.04. The van der Waals surface area contributed by atoms with Gasteiger partial charge in [0.2, 0.25) is 0 Å². The van der Waals surface area contributed by atoms with Crippen LogP contribution in [0.2, 0.25) is 0 Å². The maximum atomic E-state index is 10.9. The molecule has 0 aromatic heterocycles. The molecule has 0 saturated carbocycles. The molecule has 74 valence electrons. The van der Waals surface area contributed by atoms with Crippen LogP contribution in [0.25, 0.3) is 0 Å². The first kappa shape index (κ1) is 11.9. The lowest BCUT2D eigenvalue weighted by atomic mass is 10.1. The van der Waals surface area contributed by atoms with Gasteiger partial charge in [-0.25, -0.2) is 0 Å². The van der Waals surface area contributed by atoms with E-state index in [1.807, 2.05) is 6.08 Å². The SMILES string of the molecule is C=CCCCCCC(=O)CC(=O)O. The Kier molecular flexibility index (Phi) is 6.88. The molecule has 1 N–H and O–H groups in total. The lowest BCUT2D eigenvalue weighted by Crippen LogP contribution is -2.05. The van der Waals surface area contributed by atoms with Gasteiger partial charge in [0.1, 0.15) is 12.2 Å². The molecule has 3 heteroatoms. The van der Waals surface area contributed by atoms with Crippen molar-refractivity contribution < 1.29 is 14.7 Å². The summed E-state index contributed by atoms with van der Waals surface area (Å²) in [5.41, 5.74) is 0. The molecular formula is C10H16O3. The van der Waals surface area contributed by atoms with Gasteiger partial charge >= 0.3 is 5.97 Å². The molecule has 0 amide bonds. The zero-order valence-corrected chi connectivity index (χ0v) is 7.79. The molecule has 0 fully saturated rings. The van der Waals surface area contributed by atoms with Crippen molar-refractivity contribution in [2.45, 2.75) is 38.5 Å². The van der Waals surface area contributed by atoms with Gasteiger partial charge in [-0.2, -0.15) is 0 Å². The van der Waals surface area contributed by atoms with Crippen LogP contribution in [0.5, 0.6) is 0 Å². The van der Waals surface area contributed by atoms with E-state index in [2.05, 4.69) is 6.58 Å². The third-order valence-electron chi connectivity index (χ3n) is 1.71. The molecule has 0 bridgehead atoms. The zero-order chi connectivity index (χ0) is 10.1. The number of ketones is 1. The number of carbonyl (C=O) groups excluding carboxylic acids is 1. The highest BCUT2D eigenvalue weighted by molar-refractivity contribution is 5.94. The van der Waals surface area contributed by atoms with Gasteiger partial charge in [0.25, 0.3) is 0 Å². The number of carboxylic acids is 1. The highest BCUT2D eigenvalue weighted by Gasteiger charge is 2.06. The first-order valence-corrected chi connectivity index (χ1v) is 4.51. The minimum Gasteiger partial charge on any atom is -0.481 e. The number of unbranched alkanes of at least 4 members (excludes halogenated alkanes) is 3. The number of rotatable bonds is 8. The van der Waals surface area contributed by atoms with Crippen molar-refractivity contribution in [1.82, 2.24) is 0 Å². The third-order valence-corrected chi connectivity index (χ3v) is 1.71. The number of aliphatic carboxylic acids is 1. The monoisotopic (exact) mass is 184 g/mol. The van der Waals surface area contributed by atoms with Crippen molar-refractivity contribution in [3.05, 3.63) is 12.7 Å². The van der Waals surface area contributed by atoms with E-state index in [9.17, 15) is 9.59 Å². The molecule has 3 nitrogen and oxygen atoms in total. The summed E-state index contributed by atoms with van der Waals surface area (Å²) in [4.78, 5) is 21.0. The Morgan fingerprint density at radius 2 is 1.92 bits per heavy atom. The maximum absolute atomic E-state index is 10.9. The summed E-state index contributed by atoms with van der Waals surface area (Å²) < 4.78 is 0. The number of hydrogen-bond donors (Lipinski definition) is 1. The van der Waals surface area contributed by atoms with Gasteiger partial charge in [0.15, 0.2) is 0 Å². The van der Waals surface area contributed by atoms with Gasteiger partial charge in [0.05, 0.1) is 0 Å². The second-order valence-corrected chi connectivity index (χ2v) is 3.00. The number of hydrogen-bond acceptors (Lipinski definition) is 2. The van der Waals surface area contributed by atoms with E-state index in [4.69, 9.17) is 5.11 Å². The van der Waals surface area contributed by atoms with Crippen LogP contribution < -0.4 is 0 Å². The lowest BCUT2D eigenvalue weighted by molar-refractivity contribution is -0.140. The van der Waals surface area contributed by atoms with Crippen LogP contribution in [0.15, 0.2) is 12.7 Å². The van der Waals surface area contributed by atoms with Crippen molar-refractivity contribution in [2.24, 2.45) is 0 Å². The molecule has 0 unspecified atom stereocenters. The van der Waals surface area contributed by atoms with Crippen LogP contribution in [0.3, 0.4) is 0 Å². The van der Waals surface area contributed by atoms with Crippen LogP contribution in [-0.2, 0) is 9.59 Å². The first-order chi connectivity index (χ1) is 6.16. The van der Waals surface area contributed by atoms with Gasteiger partial charge < -0.3 is 5.11 Å². The van der Waals surface area contributed by atoms with Crippen LogP contribution in [0.1, 0.15) is 38.5 Å². The van der Waals surface area contributed by atoms with E-state index in [1.165, 1.54) is 0 Å². The smallest absolute Gasteiger partial charge is 0.310 e. The molecule has 0 aliphatic carbocycles. The normalized spacial score (nSPS) is 9.54. The van der Waals surface area contributed by atoms with Gasteiger partial charge in [-0.3, -0.25) is 9.59 Å². The van der Waals surface area contributed by atoms with Crippen LogP contribution in [-0.4, -0.2) is 16.9 Å². The van der Waals surface area contributed by atoms with Gasteiger partial charge in [0, 0.05) is 6.42 Å². The molecule has 0 aromatic rings. The van der Waals surface area contributed by atoms with Crippen molar-refractivity contribution in [2.75, 3.05) is 0 Å². The van der Waals surface area contributed by atoms with E-state index >= 15 is 0 Å². The number of carbonyl (C=O) groups is 2. The Morgan fingerprint density at radius 3 is 2.46 bits per heavy atom. The quantitative estimate of drug-likeness (QED) is 0.357. The maximum Gasteiger partial charge on any atom is 0.310 e. The van der Waals surface area contributed by atoms with Gasteiger partial charge in [-0.05, 0) is 19.3 Å². The average Bonchev–Trinajstić information content (AvgIpc) is 2.02. The first-order valence-electron chi connectivity index (χ1n) is 4.51. The van der Waals surface area contributed by atoms with Gasteiger partial charge in [-0.1, -0.05) is 12.5 Å². The summed E-state index contributed by atoms with van der Waals surface area (Å²) in [6.07, 6.45) is 5.66. The predicted molar refractivity (Wildman–Crippen MR) is 50.5 cm³/mol. The molecule has 0 aliphatic rings. The van der Waals surface area contributed by atoms with Crippen LogP contribution in [0.4, 0.5) is 0 Å². The Hall–Kier alpha value is -1.12. The standard InChI is InChI=1S/C10H16O3/c1-2-3-4-5-6-7-9(11)8-10(12)13/h2H,1,3-8H2,(H,12,13). The molecule has 13 heavy (non-hydrogen) atoms. The fourth-order valence-electron chi connectivity index (χ4n) is 1.04. The van der Waals surface area contributed by atoms with E-state index in [1.54, 1.807) is 0 Å². The molecule has 0 atom stereocenters. The number of allylic oxidation sites excluding steroid dienone is 1. The molecule has 0 heterocycles. The molecule has 0 aliphatic heterocycles. The molecule has 0 spiro atoms. The Labute approximate surface area is 78.5 Å². The zero-order valence-electron chi connectivity index (χ0n) is 7.79. The molecule has 0 radical (unpaired) electrons. The summed E-state index contributed by atoms with van der Waals surface area (Å²) >= 11 is 0. The molecule has 0 aromatic carbocycles. The van der Waals surface area contributed by atoms with Crippen molar-refractivity contribution in [1.29, 1.82) is 0 Å². The van der Waals surface area contributed by atoms with E-state index in [0.29, 0.717) is 6.42 Å². The second-order valence-electron chi connectivity index (χ2n) is 3.00. The van der Waals surface area contributed by atoms with E-state index in [-0.39, 0.29) is 12.2 Å². The Balaban J connectivity index is 3.26. The largest absolute Gasteiger partial charge is 0.481 e. The number of Topliss-reactive ketones (excluding diaryl/α,β-unsaturated/α-hetero) is 1. The Morgan fingerprint density at radius 1 is 1.23 bits per heavy atom. The highest BCUT2D eigenvalue weighted by Crippen LogP contribution is 2.04. The lowest BCUT2D eigenvalue weighted by Gasteiger charge is -1.97. The molecular weight excluding hydrogens is 168 g/mol. The summed E-state index contributed by atoms with van der Waals surface area (Å²) in [5, 5.41) is 8.29. The molecule has 0 saturated heterocycles. The predicted octanol–water partition coefficient (Wildman–Crippen LogP) is 2.17. The summed E-state index contributed by atoms with van der Waals surface area (Å²) in [5.74, 6) is -1.21. The minimum absolute atomic E-state index is 0.175. The van der Waals surface area contributed by atoms with Crippen molar-refractivity contribution >= 4 is 11.8 Å². The topological polar surface area (TPSA) is 54.4 Å². The average molecular weight is 184 g/mol. The second kappa shape index (κ2) is 7.53. The third kappa shape index (κ3) is 8.79. The summed E-state index contributed by atoms with van der Waals surface area (Å²) in [6.45, 7) is 3.59. The van der Waals surface area contributed by atoms with E-state index < -0.39 is 5.97 Å². The van der Waals surface area contributed by atoms with Crippen molar-refractivity contribution in [3.8, 4) is 0 Å². The minimum atomic E-state index is -1.03. The fraction of sp³-hybridized carbons (Fsp3) is 0.600. The highest BCUT2D eigenvalue weighted by atomic mass is 16.4. The molecule has 0 rings (SSSR count). The van der Waals surface area contributed by atoms with Crippen LogP contribution in [0, 0.1) is 0 Å². The summed E-state index contributed by atoms with van der Waals surface area (Å²) in [7, 11) is 0. The Bertz CT molecular complexity index is 185. The number of carboxylic acid groups (broad SMARTS) is 1.